The average Bonchev–Trinajstić information content (AvgIpc) is 2.37. The molecule has 0 aliphatic heterocycles. The van der Waals surface area contributed by atoms with Crippen molar-refractivity contribution >= 4 is 23.4 Å². The first-order valence-corrected chi connectivity index (χ1v) is 5.96. The lowest BCUT2D eigenvalue weighted by molar-refractivity contribution is -0.140. The second kappa shape index (κ2) is 6.52. The highest BCUT2D eigenvalue weighted by atomic mass is 35.5. The van der Waals surface area contributed by atoms with Gasteiger partial charge in [-0.1, -0.05) is 17.7 Å². The summed E-state index contributed by atoms with van der Waals surface area (Å²) in [4.78, 5) is 23.1. The Kier molecular flexibility index (Phi) is 5.31. The molecule has 0 aromatic heterocycles. The minimum Gasteiger partial charge on any atom is -0.469 e. The third-order valence-corrected chi connectivity index (χ3v) is 2.92. The molecule has 1 aromatic rings. The second-order valence-electron chi connectivity index (χ2n) is 4.04. The number of halogens is 1. The Bertz CT molecular complexity index is 460. The number of ketones is 1. The standard InChI is InChI=1S/C13H16ClNO3/c1-8-3-4-9(14)7-10(8)13(17)11(15)5-6-12(16)18-2/h3-4,7,11H,5-6,15H2,1-2H3. The zero-order valence-electron chi connectivity index (χ0n) is 10.4. The maximum Gasteiger partial charge on any atom is 0.305 e. The summed E-state index contributed by atoms with van der Waals surface area (Å²) < 4.78 is 4.50. The minimum atomic E-state index is -0.721. The number of methoxy groups -OCH3 is 1. The van der Waals surface area contributed by atoms with Crippen LogP contribution < -0.4 is 5.73 Å². The number of rotatable bonds is 5. The number of nitrogens with two attached hydrogens (primary N) is 1. The van der Waals surface area contributed by atoms with E-state index in [0.29, 0.717) is 10.6 Å². The Hall–Kier alpha value is -1.39. The number of ether oxygens (including phenoxy) is 1. The molecule has 0 fully saturated rings. The van der Waals surface area contributed by atoms with E-state index in [2.05, 4.69) is 4.74 Å². The van der Waals surface area contributed by atoms with Crippen molar-refractivity contribution in [2.24, 2.45) is 5.73 Å². The van der Waals surface area contributed by atoms with Gasteiger partial charge in [0.15, 0.2) is 5.78 Å². The molecule has 1 aromatic carbocycles. The van der Waals surface area contributed by atoms with E-state index in [-0.39, 0.29) is 24.6 Å². The van der Waals surface area contributed by atoms with Crippen LogP contribution in [-0.2, 0) is 9.53 Å². The molecule has 5 heteroatoms. The summed E-state index contributed by atoms with van der Waals surface area (Å²) in [7, 11) is 1.30. The van der Waals surface area contributed by atoms with Crippen molar-refractivity contribution in [1.82, 2.24) is 0 Å². The summed E-state index contributed by atoms with van der Waals surface area (Å²) in [5, 5.41) is 0.490. The van der Waals surface area contributed by atoms with Crippen molar-refractivity contribution < 1.29 is 14.3 Å². The minimum absolute atomic E-state index is 0.128. The fourth-order valence-corrected chi connectivity index (χ4v) is 1.74. The predicted molar refractivity (Wildman–Crippen MR) is 69.7 cm³/mol. The van der Waals surface area contributed by atoms with Gasteiger partial charge in [0.2, 0.25) is 0 Å². The van der Waals surface area contributed by atoms with E-state index in [1.165, 1.54) is 7.11 Å². The molecule has 0 saturated carbocycles. The van der Waals surface area contributed by atoms with E-state index in [4.69, 9.17) is 17.3 Å². The van der Waals surface area contributed by atoms with E-state index in [0.717, 1.165) is 5.56 Å². The molecule has 4 nitrogen and oxygen atoms in total. The molecule has 18 heavy (non-hydrogen) atoms. The van der Waals surface area contributed by atoms with Crippen molar-refractivity contribution in [3.05, 3.63) is 34.3 Å². The Morgan fingerprint density at radius 1 is 1.44 bits per heavy atom. The van der Waals surface area contributed by atoms with Crippen LogP contribution in [0.4, 0.5) is 0 Å². The van der Waals surface area contributed by atoms with E-state index in [1.54, 1.807) is 18.2 Å². The molecule has 2 N–H and O–H groups in total. The molecular formula is C13H16ClNO3. The Labute approximate surface area is 111 Å². The van der Waals surface area contributed by atoms with Crippen LogP contribution in [0.3, 0.4) is 0 Å². The zero-order chi connectivity index (χ0) is 13.7. The van der Waals surface area contributed by atoms with Gasteiger partial charge in [0.1, 0.15) is 0 Å². The van der Waals surface area contributed by atoms with Gasteiger partial charge in [-0.05, 0) is 31.0 Å². The molecule has 0 aliphatic carbocycles. The van der Waals surface area contributed by atoms with E-state index in [9.17, 15) is 9.59 Å². The molecule has 0 aliphatic rings. The van der Waals surface area contributed by atoms with Crippen molar-refractivity contribution in [3.63, 3.8) is 0 Å². The van der Waals surface area contributed by atoms with Gasteiger partial charge >= 0.3 is 5.97 Å². The average molecular weight is 270 g/mol. The lowest BCUT2D eigenvalue weighted by Gasteiger charge is -2.12. The zero-order valence-corrected chi connectivity index (χ0v) is 11.2. The Morgan fingerprint density at radius 2 is 2.11 bits per heavy atom. The van der Waals surface area contributed by atoms with Crippen LogP contribution >= 0.6 is 11.6 Å². The highest BCUT2D eigenvalue weighted by molar-refractivity contribution is 6.31. The Balaban J connectivity index is 2.74. The molecule has 0 saturated heterocycles. The van der Waals surface area contributed by atoms with Gasteiger partial charge in [-0.2, -0.15) is 0 Å². The summed E-state index contributed by atoms with van der Waals surface area (Å²) >= 11 is 5.85. The number of hydrogen-bond acceptors (Lipinski definition) is 4. The van der Waals surface area contributed by atoms with Crippen molar-refractivity contribution in [2.45, 2.75) is 25.8 Å². The fourth-order valence-electron chi connectivity index (χ4n) is 1.57. The SMILES string of the molecule is COC(=O)CCC(N)C(=O)c1cc(Cl)ccc1C. The molecule has 0 amide bonds. The molecule has 98 valence electrons. The van der Waals surface area contributed by atoms with Gasteiger partial charge in [0.25, 0.3) is 0 Å². The molecule has 0 radical (unpaired) electrons. The topological polar surface area (TPSA) is 69.4 Å². The number of hydrogen-bond donors (Lipinski definition) is 1. The van der Waals surface area contributed by atoms with Gasteiger partial charge in [0.05, 0.1) is 13.2 Å². The summed E-state index contributed by atoms with van der Waals surface area (Å²) in [6.07, 6.45) is 0.389. The smallest absolute Gasteiger partial charge is 0.305 e. The largest absolute Gasteiger partial charge is 0.469 e. The molecule has 1 unspecified atom stereocenters. The third-order valence-electron chi connectivity index (χ3n) is 2.69. The number of Topliss-reactive ketones (excluding diaryl/α,β-unsaturated/α-hetero) is 1. The van der Waals surface area contributed by atoms with Crippen molar-refractivity contribution in [2.75, 3.05) is 7.11 Å². The quantitative estimate of drug-likeness (QED) is 0.657. The maximum atomic E-state index is 12.1. The van der Waals surface area contributed by atoms with E-state index >= 15 is 0 Å². The summed E-state index contributed by atoms with van der Waals surface area (Å²) in [5.74, 6) is -0.583. The van der Waals surface area contributed by atoms with Crippen LogP contribution in [0.15, 0.2) is 18.2 Å². The number of aryl methyl sites for hydroxylation is 1. The number of carbonyl (C=O) groups excluding carboxylic acids is 2. The first-order chi connectivity index (χ1) is 8.45. The fraction of sp³-hybridized carbons (Fsp3) is 0.385. The van der Waals surface area contributed by atoms with Crippen LogP contribution in [0.1, 0.15) is 28.8 Å². The summed E-state index contributed by atoms with van der Waals surface area (Å²) in [6, 6.07) is 4.36. The molecular weight excluding hydrogens is 254 g/mol. The van der Waals surface area contributed by atoms with Gasteiger partial charge < -0.3 is 10.5 Å². The van der Waals surface area contributed by atoms with Gasteiger partial charge in [-0.3, -0.25) is 9.59 Å². The van der Waals surface area contributed by atoms with Gasteiger partial charge in [-0.15, -0.1) is 0 Å². The summed E-state index contributed by atoms with van der Waals surface area (Å²) in [6.45, 7) is 1.82. The van der Waals surface area contributed by atoms with Crippen LogP contribution in [0.25, 0.3) is 0 Å². The number of esters is 1. The number of carbonyl (C=O) groups is 2. The van der Waals surface area contributed by atoms with E-state index in [1.807, 2.05) is 6.92 Å². The molecule has 1 rings (SSSR count). The third kappa shape index (κ3) is 3.82. The van der Waals surface area contributed by atoms with Crippen LogP contribution in [-0.4, -0.2) is 24.9 Å². The van der Waals surface area contributed by atoms with Crippen molar-refractivity contribution in [1.29, 1.82) is 0 Å². The highest BCUT2D eigenvalue weighted by Crippen LogP contribution is 2.17. The lowest BCUT2D eigenvalue weighted by atomic mass is 9.97. The molecule has 0 spiro atoms. The van der Waals surface area contributed by atoms with Crippen LogP contribution in [0.2, 0.25) is 5.02 Å². The van der Waals surface area contributed by atoms with Crippen molar-refractivity contribution in [3.8, 4) is 0 Å². The first kappa shape index (κ1) is 14.7. The molecule has 0 heterocycles. The van der Waals surface area contributed by atoms with Gasteiger partial charge in [-0.25, -0.2) is 0 Å². The van der Waals surface area contributed by atoms with Gasteiger partial charge in [0, 0.05) is 17.0 Å². The molecule has 1 atom stereocenters. The summed E-state index contributed by atoms with van der Waals surface area (Å²) in [5.41, 5.74) is 7.09. The maximum absolute atomic E-state index is 12.1. The van der Waals surface area contributed by atoms with E-state index < -0.39 is 6.04 Å². The first-order valence-electron chi connectivity index (χ1n) is 5.58. The number of benzene rings is 1. The highest BCUT2D eigenvalue weighted by Gasteiger charge is 2.19. The lowest BCUT2D eigenvalue weighted by Crippen LogP contribution is -2.31. The normalized spacial score (nSPS) is 12.0. The predicted octanol–water partition coefficient (Wildman–Crippen LogP) is 2.11. The van der Waals surface area contributed by atoms with Crippen LogP contribution in [0.5, 0.6) is 0 Å². The second-order valence-corrected chi connectivity index (χ2v) is 4.48. The Morgan fingerprint density at radius 3 is 2.72 bits per heavy atom. The monoisotopic (exact) mass is 269 g/mol. The molecule has 0 bridgehead atoms. The van der Waals surface area contributed by atoms with Crippen LogP contribution in [0, 0.1) is 6.92 Å².